The summed E-state index contributed by atoms with van der Waals surface area (Å²) in [6.45, 7) is -1.03. The molecule has 0 aromatic heterocycles. The fourth-order valence-corrected chi connectivity index (χ4v) is 4.73. The number of carboxylic acids is 1. The first-order valence-electron chi connectivity index (χ1n) is 11.4. The second kappa shape index (κ2) is 11.7. The van der Waals surface area contributed by atoms with E-state index in [0.29, 0.717) is 16.1 Å². The molecule has 1 aliphatic heterocycles. The van der Waals surface area contributed by atoms with Crippen LogP contribution in [0.3, 0.4) is 0 Å². The Balaban J connectivity index is 1.70. The number of hydrogen-bond donors (Lipinski definition) is 1. The zero-order valence-electron chi connectivity index (χ0n) is 19.5. The van der Waals surface area contributed by atoms with Crippen molar-refractivity contribution >= 4 is 41.0 Å². The van der Waals surface area contributed by atoms with Gasteiger partial charge in [0.1, 0.15) is 19.0 Å². The molecule has 0 spiro atoms. The maximum absolute atomic E-state index is 13.8. The lowest BCUT2D eigenvalue weighted by molar-refractivity contribution is -0.172. The van der Waals surface area contributed by atoms with E-state index in [9.17, 15) is 23.9 Å². The van der Waals surface area contributed by atoms with Gasteiger partial charge >= 0.3 is 5.97 Å². The van der Waals surface area contributed by atoms with E-state index >= 15 is 0 Å². The highest BCUT2D eigenvalue weighted by atomic mass is 35.5. The molecule has 1 N–H and O–H groups in total. The molecule has 0 unspecified atom stereocenters. The van der Waals surface area contributed by atoms with Gasteiger partial charge in [-0.3, -0.25) is 14.4 Å². The van der Waals surface area contributed by atoms with Crippen LogP contribution in [0.25, 0.3) is 0 Å². The molecule has 1 saturated heterocycles. The number of ether oxygens (including phenoxy) is 1. The summed E-state index contributed by atoms with van der Waals surface area (Å²) in [5.74, 6) is -2.77. The first-order chi connectivity index (χ1) is 17.7. The predicted molar refractivity (Wildman–Crippen MR) is 135 cm³/mol. The average molecular weight is 545 g/mol. The molecule has 192 valence electrons. The largest absolute Gasteiger partial charge is 0.480 e. The van der Waals surface area contributed by atoms with Crippen molar-refractivity contribution in [1.82, 2.24) is 9.80 Å². The first-order valence-corrected chi connectivity index (χ1v) is 12.1. The predicted octanol–water partition coefficient (Wildman–Crippen LogP) is 4.71. The van der Waals surface area contributed by atoms with Crippen molar-refractivity contribution in [1.29, 1.82) is 0 Å². The summed E-state index contributed by atoms with van der Waals surface area (Å²) < 4.78 is 19.3. The normalized spacial score (nSPS) is 17.5. The zero-order chi connectivity index (χ0) is 26.5. The van der Waals surface area contributed by atoms with E-state index in [4.69, 9.17) is 27.9 Å². The smallest absolute Gasteiger partial charge is 0.323 e. The molecule has 2 atom stereocenters. The second-order valence-electron chi connectivity index (χ2n) is 8.56. The quantitative estimate of drug-likeness (QED) is 0.443. The number of carbonyl (C=O) groups excluding carboxylic acids is 2. The molecule has 7 nitrogen and oxygen atoms in total. The van der Waals surface area contributed by atoms with E-state index < -0.39 is 36.4 Å². The number of nitrogens with zero attached hydrogens (tertiary/aromatic N) is 2. The van der Waals surface area contributed by atoms with Crippen LogP contribution in [0, 0.1) is 5.82 Å². The molecule has 0 aliphatic carbocycles. The van der Waals surface area contributed by atoms with E-state index in [1.54, 1.807) is 48.5 Å². The van der Waals surface area contributed by atoms with Crippen LogP contribution in [0.5, 0.6) is 0 Å². The summed E-state index contributed by atoms with van der Waals surface area (Å²) in [4.78, 5) is 41.1. The molecule has 4 rings (SSSR count). The maximum atomic E-state index is 13.8. The van der Waals surface area contributed by atoms with Crippen molar-refractivity contribution in [2.75, 3.05) is 13.2 Å². The van der Waals surface area contributed by atoms with Gasteiger partial charge in [0.2, 0.25) is 5.91 Å². The van der Waals surface area contributed by atoms with Crippen LogP contribution >= 0.6 is 23.2 Å². The summed E-state index contributed by atoms with van der Waals surface area (Å²) in [7, 11) is 0. The Morgan fingerprint density at radius 2 is 1.81 bits per heavy atom. The Bertz CT molecular complexity index is 1310. The molecule has 2 amide bonds. The van der Waals surface area contributed by atoms with Crippen LogP contribution < -0.4 is 0 Å². The second-order valence-corrected chi connectivity index (χ2v) is 9.41. The zero-order valence-corrected chi connectivity index (χ0v) is 21.0. The minimum absolute atomic E-state index is 0.0603. The van der Waals surface area contributed by atoms with Crippen molar-refractivity contribution in [3.05, 3.63) is 105 Å². The molecule has 0 saturated carbocycles. The van der Waals surface area contributed by atoms with Gasteiger partial charge in [-0.25, -0.2) is 4.39 Å². The van der Waals surface area contributed by atoms with Crippen molar-refractivity contribution < 1.29 is 28.6 Å². The van der Waals surface area contributed by atoms with Crippen molar-refractivity contribution in [2.45, 2.75) is 25.2 Å². The van der Waals surface area contributed by atoms with E-state index in [0.717, 1.165) is 16.5 Å². The topological polar surface area (TPSA) is 87.1 Å². The minimum Gasteiger partial charge on any atom is -0.480 e. The standard InChI is InChI=1S/C27H23Cl2FN2O5/c28-20-8-4-5-17(11-20)13-32-23(33)16-37-26(25(32)18-6-2-1-3-7-18)27(36)31(15-24(34)35)14-19-9-10-21(30)12-22(19)29/h1-12,25-26H,13-16H2,(H,34,35)/t25-,26-/m1/s1. The molecule has 1 fully saturated rings. The summed E-state index contributed by atoms with van der Waals surface area (Å²) in [5, 5.41) is 10.1. The Labute approximate surface area is 223 Å². The molecule has 1 aliphatic rings. The lowest BCUT2D eigenvalue weighted by Gasteiger charge is -2.42. The molecule has 37 heavy (non-hydrogen) atoms. The molecular formula is C27H23Cl2FN2O5. The number of hydrogen-bond acceptors (Lipinski definition) is 4. The number of morpholine rings is 1. The number of benzene rings is 3. The lowest BCUT2D eigenvalue weighted by Crippen LogP contribution is -2.55. The van der Waals surface area contributed by atoms with Gasteiger partial charge in [-0.15, -0.1) is 0 Å². The average Bonchev–Trinajstić information content (AvgIpc) is 2.86. The van der Waals surface area contributed by atoms with Crippen LogP contribution in [0.15, 0.2) is 72.8 Å². The Kier molecular flexibility index (Phi) is 8.43. The molecule has 3 aromatic rings. The van der Waals surface area contributed by atoms with E-state index in [1.165, 1.54) is 17.0 Å². The summed E-state index contributed by atoms with van der Waals surface area (Å²) >= 11 is 12.3. The molecule has 10 heteroatoms. The Hall–Kier alpha value is -3.46. The fourth-order valence-electron chi connectivity index (χ4n) is 4.29. The van der Waals surface area contributed by atoms with E-state index in [2.05, 4.69) is 0 Å². The maximum Gasteiger partial charge on any atom is 0.323 e. The van der Waals surface area contributed by atoms with E-state index in [-0.39, 0.29) is 30.6 Å². The van der Waals surface area contributed by atoms with Crippen LogP contribution in [-0.4, -0.2) is 51.9 Å². The number of aliphatic carboxylic acids is 1. The van der Waals surface area contributed by atoms with Crippen molar-refractivity contribution in [3.63, 3.8) is 0 Å². The number of carboxylic acid groups (broad SMARTS) is 1. The molecule has 0 bridgehead atoms. The lowest BCUT2D eigenvalue weighted by atomic mass is 9.95. The van der Waals surface area contributed by atoms with Gasteiger partial charge in [-0.1, -0.05) is 71.7 Å². The van der Waals surface area contributed by atoms with Crippen molar-refractivity contribution in [3.8, 4) is 0 Å². The highest BCUT2D eigenvalue weighted by Crippen LogP contribution is 2.33. The van der Waals surface area contributed by atoms with Gasteiger partial charge in [-0.2, -0.15) is 0 Å². The highest BCUT2D eigenvalue weighted by Gasteiger charge is 2.43. The van der Waals surface area contributed by atoms with Crippen LogP contribution in [0.1, 0.15) is 22.7 Å². The van der Waals surface area contributed by atoms with Gasteiger partial charge < -0.3 is 19.6 Å². The molecule has 1 heterocycles. The Morgan fingerprint density at radius 3 is 2.49 bits per heavy atom. The number of rotatable bonds is 8. The first kappa shape index (κ1) is 26.6. The van der Waals surface area contributed by atoms with Gasteiger partial charge in [0.15, 0.2) is 6.10 Å². The molecule has 3 aromatic carbocycles. The monoisotopic (exact) mass is 544 g/mol. The minimum atomic E-state index is -1.24. The molecular weight excluding hydrogens is 522 g/mol. The SMILES string of the molecule is O=C(O)CN(Cc1ccc(F)cc1Cl)C(=O)[C@@H]1OCC(=O)N(Cc2cccc(Cl)c2)[C@@H]1c1ccccc1. The molecule has 0 radical (unpaired) electrons. The highest BCUT2D eigenvalue weighted by molar-refractivity contribution is 6.31. The third kappa shape index (κ3) is 6.46. The summed E-state index contributed by atoms with van der Waals surface area (Å²) in [6.07, 6.45) is -1.20. The van der Waals surface area contributed by atoms with Gasteiger partial charge in [0.05, 0.1) is 6.04 Å². The number of carbonyl (C=O) groups is 3. The number of amides is 2. The van der Waals surface area contributed by atoms with Crippen LogP contribution in [0.4, 0.5) is 4.39 Å². The van der Waals surface area contributed by atoms with Gasteiger partial charge in [0.25, 0.3) is 5.91 Å². The van der Waals surface area contributed by atoms with Gasteiger partial charge in [0, 0.05) is 23.1 Å². The van der Waals surface area contributed by atoms with Crippen LogP contribution in [0.2, 0.25) is 10.0 Å². The number of halogens is 3. The van der Waals surface area contributed by atoms with Crippen molar-refractivity contribution in [2.24, 2.45) is 0 Å². The van der Waals surface area contributed by atoms with Crippen LogP contribution in [-0.2, 0) is 32.2 Å². The van der Waals surface area contributed by atoms with Gasteiger partial charge in [-0.05, 0) is 41.0 Å². The summed E-state index contributed by atoms with van der Waals surface area (Å²) in [5.41, 5.74) is 1.78. The fraction of sp³-hybridized carbons (Fsp3) is 0.222. The third-order valence-corrected chi connectivity index (χ3v) is 6.56. The third-order valence-electron chi connectivity index (χ3n) is 5.97. The van der Waals surface area contributed by atoms with E-state index in [1.807, 2.05) is 6.07 Å². The summed E-state index contributed by atoms with van der Waals surface area (Å²) in [6, 6.07) is 18.8. The Morgan fingerprint density at radius 1 is 1.05 bits per heavy atom.